The maximum atomic E-state index is 10.2. The van der Waals surface area contributed by atoms with Gasteiger partial charge in [-0.25, -0.2) is 0 Å². The van der Waals surface area contributed by atoms with Gasteiger partial charge in [0.1, 0.15) is 6.07 Å². The lowest BCUT2D eigenvalue weighted by molar-refractivity contribution is 0.430. The summed E-state index contributed by atoms with van der Waals surface area (Å²) in [7, 11) is -3.56. The molecule has 0 aliphatic heterocycles. The molecule has 0 aromatic rings. The number of nitrogens with zero attached hydrogens (tertiary/aromatic N) is 1. The van der Waals surface area contributed by atoms with Gasteiger partial charge in [-0.3, -0.25) is 0 Å². The van der Waals surface area contributed by atoms with Crippen LogP contribution in [0.25, 0.3) is 0 Å². The highest BCUT2D eigenvalue weighted by Gasteiger charge is 2.02. The molecule has 0 aliphatic carbocycles. The fourth-order valence-electron chi connectivity index (χ4n) is 0.201. The number of hydrogen-bond acceptors (Lipinski definition) is 4. The van der Waals surface area contributed by atoms with Crippen molar-refractivity contribution in [2.75, 3.05) is 6.26 Å². The van der Waals surface area contributed by atoms with E-state index in [9.17, 15) is 8.42 Å². The summed E-state index contributed by atoms with van der Waals surface area (Å²) in [6.45, 7) is 3.00. The van der Waals surface area contributed by atoms with Gasteiger partial charge in [0.05, 0.1) is 6.26 Å². The zero-order chi connectivity index (χ0) is 7.49. The molecule has 0 bridgehead atoms. The van der Waals surface area contributed by atoms with E-state index in [0.29, 0.717) is 0 Å². The Labute approximate surface area is 53.5 Å². The number of hydrogen-bond donors (Lipinski definition) is 0. The summed E-state index contributed by atoms with van der Waals surface area (Å²) in [5.41, 5.74) is 0. The van der Waals surface area contributed by atoms with Crippen LogP contribution in [-0.2, 0) is 14.3 Å². The molecule has 0 rings (SSSR count). The molecule has 0 saturated heterocycles. The Hall–Kier alpha value is -1.02. The van der Waals surface area contributed by atoms with Crippen molar-refractivity contribution in [3.8, 4) is 6.07 Å². The second-order valence-electron chi connectivity index (χ2n) is 1.32. The standard InChI is InChI=1S/C4H5NO3S/c1-4(3-5)8-9(2,6)7/h1H2,2H3. The Bertz CT molecular complexity index is 245. The predicted molar refractivity (Wildman–Crippen MR) is 30.7 cm³/mol. The molecule has 0 unspecified atom stereocenters. The maximum absolute atomic E-state index is 10.2. The summed E-state index contributed by atoms with van der Waals surface area (Å²) in [5, 5.41) is 7.96. The van der Waals surface area contributed by atoms with Gasteiger partial charge in [0.2, 0.25) is 5.76 Å². The number of allylic oxidation sites excluding steroid dienone is 1. The molecule has 0 aliphatic rings. The van der Waals surface area contributed by atoms with Crippen molar-refractivity contribution in [3.05, 3.63) is 12.3 Å². The summed E-state index contributed by atoms with van der Waals surface area (Å²) in [6, 6.07) is 1.43. The smallest absolute Gasteiger partial charge is 0.306 e. The first-order chi connectivity index (χ1) is 3.95. The van der Waals surface area contributed by atoms with E-state index < -0.39 is 15.9 Å². The van der Waals surface area contributed by atoms with Crippen LogP contribution >= 0.6 is 0 Å². The highest BCUT2D eigenvalue weighted by molar-refractivity contribution is 7.86. The van der Waals surface area contributed by atoms with Crippen LogP contribution in [-0.4, -0.2) is 14.7 Å². The van der Waals surface area contributed by atoms with Crippen LogP contribution in [0, 0.1) is 11.3 Å². The highest BCUT2D eigenvalue weighted by atomic mass is 32.2. The summed E-state index contributed by atoms with van der Waals surface area (Å²) < 4.78 is 24.3. The first kappa shape index (κ1) is 7.98. The quantitative estimate of drug-likeness (QED) is 0.313. The fraction of sp³-hybridized carbons (Fsp3) is 0.250. The lowest BCUT2D eigenvalue weighted by Gasteiger charge is -1.94. The zero-order valence-corrected chi connectivity index (χ0v) is 5.60. The van der Waals surface area contributed by atoms with Gasteiger partial charge in [0.15, 0.2) is 0 Å². The topological polar surface area (TPSA) is 67.2 Å². The molecule has 0 amide bonds. The van der Waals surface area contributed by atoms with Gasteiger partial charge < -0.3 is 4.18 Å². The maximum Gasteiger partial charge on any atom is 0.306 e. The third-order valence-corrected chi connectivity index (χ3v) is 0.881. The average Bonchev–Trinajstić information content (AvgIpc) is 1.62. The fourth-order valence-corrected chi connectivity index (χ4v) is 0.604. The Morgan fingerprint density at radius 1 is 1.78 bits per heavy atom. The average molecular weight is 147 g/mol. The Balaban J connectivity index is 4.12. The van der Waals surface area contributed by atoms with Crippen molar-refractivity contribution < 1.29 is 12.6 Å². The van der Waals surface area contributed by atoms with Crippen molar-refractivity contribution in [1.82, 2.24) is 0 Å². The summed E-state index contributed by atoms with van der Waals surface area (Å²) in [5.74, 6) is -0.419. The second-order valence-corrected chi connectivity index (χ2v) is 2.90. The molecule has 0 heterocycles. The summed E-state index contributed by atoms with van der Waals surface area (Å²) >= 11 is 0. The Kier molecular flexibility index (Phi) is 2.22. The van der Waals surface area contributed by atoms with Crippen molar-refractivity contribution in [2.24, 2.45) is 0 Å². The molecule has 0 radical (unpaired) electrons. The molecule has 0 aromatic carbocycles. The van der Waals surface area contributed by atoms with E-state index in [1.54, 1.807) is 0 Å². The summed E-state index contributed by atoms with van der Waals surface area (Å²) in [4.78, 5) is 0. The molecule has 0 N–H and O–H groups in total. The van der Waals surface area contributed by atoms with Gasteiger partial charge in [0, 0.05) is 0 Å². The number of nitriles is 1. The van der Waals surface area contributed by atoms with E-state index in [4.69, 9.17) is 5.26 Å². The van der Waals surface area contributed by atoms with Crippen LogP contribution in [0.1, 0.15) is 0 Å². The molecule has 0 atom stereocenters. The van der Waals surface area contributed by atoms with Crippen LogP contribution in [0.15, 0.2) is 12.3 Å². The monoisotopic (exact) mass is 147 g/mol. The van der Waals surface area contributed by atoms with Gasteiger partial charge in [-0.2, -0.15) is 13.7 Å². The molecule has 5 heteroatoms. The molecule has 9 heavy (non-hydrogen) atoms. The molecule has 0 spiro atoms. The minimum absolute atomic E-state index is 0.419. The van der Waals surface area contributed by atoms with Crippen molar-refractivity contribution in [1.29, 1.82) is 5.26 Å². The Morgan fingerprint density at radius 2 is 2.22 bits per heavy atom. The van der Waals surface area contributed by atoms with Crippen molar-refractivity contribution >= 4 is 10.1 Å². The van der Waals surface area contributed by atoms with Crippen LogP contribution in [0.3, 0.4) is 0 Å². The lowest BCUT2D eigenvalue weighted by atomic mass is 10.7. The predicted octanol–water partition coefficient (Wildman–Crippen LogP) is -0.000120. The largest absolute Gasteiger partial charge is 0.372 e. The minimum atomic E-state index is -3.56. The van der Waals surface area contributed by atoms with E-state index >= 15 is 0 Å². The zero-order valence-electron chi connectivity index (χ0n) is 4.79. The van der Waals surface area contributed by atoms with Gasteiger partial charge in [0.25, 0.3) is 0 Å². The minimum Gasteiger partial charge on any atom is -0.372 e. The van der Waals surface area contributed by atoms with E-state index in [2.05, 4.69) is 10.8 Å². The molecule has 0 fully saturated rings. The van der Waals surface area contributed by atoms with Crippen LogP contribution < -0.4 is 0 Å². The van der Waals surface area contributed by atoms with E-state index in [1.165, 1.54) is 6.07 Å². The SMILES string of the molecule is C=C(C#N)OS(C)(=O)=O. The third kappa shape index (κ3) is 4.84. The molecule has 50 valence electrons. The molecular formula is C4H5NO3S. The van der Waals surface area contributed by atoms with E-state index in [0.717, 1.165) is 6.26 Å². The van der Waals surface area contributed by atoms with Crippen LogP contribution in [0.2, 0.25) is 0 Å². The number of rotatable bonds is 2. The van der Waals surface area contributed by atoms with E-state index in [-0.39, 0.29) is 0 Å². The van der Waals surface area contributed by atoms with Gasteiger partial charge in [-0.15, -0.1) is 0 Å². The van der Waals surface area contributed by atoms with Gasteiger partial charge in [-0.05, 0) is 6.58 Å². The van der Waals surface area contributed by atoms with Crippen molar-refractivity contribution in [3.63, 3.8) is 0 Å². The van der Waals surface area contributed by atoms with Gasteiger partial charge >= 0.3 is 10.1 Å². The lowest BCUT2D eigenvalue weighted by Crippen LogP contribution is -1.99. The van der Waals surface area contributed by atoms with E-state index in [1.807, 2.05) is 0 Å². The molecular weight excluding hydrogens is 142 g/mol. The third-order valence-electron chi connectivity index (χ3n) is 0.377. The molecule has 4 nitrogen and oxygen atoms in total. The molecule has 0 aromatic heterocycles. The second kappa shape index (κ2) is 2.51. The Morgan fingerprint density at radius 3 is 2.33 bits per heavy atom. The first-order valence-corrected chi connectivity index (χ1v) is 3.76. The van der Waals surface area contributed by atoms with Gasteiger partial charge in [-0.1, -0.05) is 0 Å². The normalized spacial score (nSPS) is 9.78. The highest BCUT2D eigenvalue weighted by Crippen LogP contribution is 1.95. The van der Waals surface area contributed by atoms with Crippen LogP contribution in [0.4, 0.5) is 0 Å². The molecule has 0 saturated carbocycles. The van der Waals surface area contributed by atoms with Crippen LogP contribution in [0.5, 0.6) is 0 Å². The summed E-state index contributed by atoms with van der Waals surface area (Å²) in [6.07, 6.45) is 0.843. The first-order valence-electron chi connectivity index (χ1n) is 1.94. The van der Waals surface area contributed by atoms with Crippen molar-refractivity contribution in [2.45, 2.75) is 0 Å².